The Hall–Kier alpha value is -1.84. The molecule has 0 fully saturated rings. The maximum absolute atomic E-state index is 12.0. The number of carboxylic acids is 1. The molecule has 0 amide bonds. The number of hydrogen-bond donors (Lipinski definition) is 1. The summed E-state index contributed by atoms with van der Waals surface area (Å²) in [6.07, 6.45) is 1.90. The standard InChI is InChI=1S/C14H16O4/c1-18-11-4-3-10-6-9(2-5-14(16)17)7-13(15)12(10)8-11/h3-4,8-9H,2,5-7H2,1H3,(H,16,17)/t9-/m0/s1. The fourth-order valence-corrected chi connectivity index (χ4v) is 2.41. The van der Waals surface area contributed by atoms with E-state index in [2.05, 4.69) is 0 Å². The molecule has 1 aliphatic rings. The molecule has 0 heterocycles. The summed E-state index contributed by atoms with van der Waals surface area (Å²) in [6, 6.07) is 5.51. The number of Topliss-reactive ketones (excluding diaryl/α,β-unsaturated/α-hetero) is 1. The molecule has 0 unspecified atom stereocenters. The third-order valence-corrected chi connectivity index (χ3v) is 3.37. The van der Waals surface area contributed by atoms with Gasteiger partial charge in [0.2, 0.25) is 0 Å². The first kappa shape index (κ1) is 12.6. The van der Waals surface area contributed by atoms with Crippen molar-refractivity contribution in [1.82, 2.24) is 0 Å². The van der Waals surface area contributed by atoms with Crippen molar-refractivity contribution in [2.45, 2.75) is 25.7 Å². The third kappa shape index (κ3) is 2.70. The Bertz CT molecular complexity index is 479. The van der Waals surface area contributed by atoms with Crippen molar-refractivity contribution in [1.29, 1.82) is 0 Å². The van der Waals surface area contributed by atoms with E-state index in [-0.39, 0.29) is 18.1 Å². The van der Waals surface area contributed by atoms with Crippen molar-refractivity contribution in [2.75, 3.05) is 7.11 Å². The lowest BCUT2D eigenvalue weighted by molar-refractivity contribution is -0.137. The average Bonchev–Trinajstić information content (AvgIpc) is 2.36. The number of carboxylic acid groups (broad SMARTS) is 1. The summed E-state index contributed by atoms with van der Waals surface area (Å²) in [6.45, 7) is 0. The first-order valence-corrected chi connectivity index (χ1v) is 6.02. The number of benzene rings is 1. The summed E-state index contributed by atoms with van der Waals surface area (Å²) in [4.78, 5) is 22.6. The maximum Gasteiger partial charge on any atom is 0.303 e. The van der Waals surface area contributed by atoms with Crippen LogP contribution in [0.15, 0.2) is 18.2 Å². The first-order valence-electron chi connectivity index (χ1n) is 6.02. The molecule has 4 heteroatoms. The molecule has 0 radical (unpaired) electrons. The zero-order valence-electron chi connectivity index (χ0n) is 10.3. The van der Waals surface area contributed by atoms with Crippen LogP contribution in [-0.2, 0) is 11.2 Å². The van der Waals surface area contributed by atoms with Gasteiger partial charge in [-0.15, -0.1) is 0 Å². The van der Waals surface area contributed by atoms with Crippen molar-refractivity contribution < 1.29 is 19.4 Å². The lowest BCUT2D eigenvalue weighted by Gasteiger charge is -2.23. The number of aliphatic carboxylic acids is 1. The van der Waals surface area contributed by atoms with E-state index in [4.69, 9.17) is 9.84 Å². The number of methoxy groups -OCH3 is 1. The molecule has 0 bridgehead atoms. The molecule has 0 spiro atoms. The first-order chi connectivity index (χ1) is 8.60. The number of ether oxygens (including phenoxy) is 1. The predicted octanol–water partition coefficient (Wildman–Crippen LogP) is 2.31. The number of rotatable bonds is 4. The van der Waals surface area contributed by atoms with Crippen LogP contribution >= 0.6 is 0 Å². The minimum atomic E-state index is -0.803. The molecule has 0 aliphatic heterocycles. The summed E-state index contributed by atoms with van der Waals surface area (Å²) in [5.41, 5.74) is 1.73. The highest BCUT2D eigenvalue weighted by Crippen LogP contribution is 2.30. The predicted molar refractivity (Wildman–Crippen MR) is 66.0 cm³/mol. The molecule has 1 N–H and O–H groups in total. The Balaban J connectivity index is 2.14. The Morgan fingerprint density at radius 3 is 2.89 bits per heavy atom. The molecular weight excluding hydrogens is 232 g/mol. The van der Waals surface area contributed by atoms with Crippen LogP contribution in [0, 0.1) is 5.92 Å². The summed E-state index contributed by atoms with van der Waals surface area (Å²) in [5, 5.41) is 8.67. The molecule has 2 rings (SSSR count). The molecule has 18 heavy (non-hydrogen) atoms. The maximum atomic E-state index is 12.0. The van der Waals surface area contributed by atoms with Gasteiger partial charge in [0.1, 0.15) is 5.75 Å². The van der Waals surface area contributed by atoms with Crippen LogP contribution in [0.4, 0.5) is 0 Å². The fraction of sp³-hybridized carbons (Fsp3) is 0.429. The number of ketones is 1. The Labute approximate surface area is 106 Å². The average molecular weight is 248 g/mol. The lowest BCUT2D eigenvalue weighted by Crippen LogP contribution is -2.20. The van der Waals surface area contributed by atoms with Crippen LogP contribution in [0.25, 0.3) is 0 Å². The highest BCUT2D eigenvalue weighted by molar-refractivity contribution is 5.99. The zero-order valence-corrected chi connectivity index (χ0v) is 10.3. The second kappa shape index (κ2) is 5.21. The van der Waals surface area contributed by atoms with E-state index < -0.39 is 5.97 Å². The highest BCUT2D eigenvalue weighted by Gasteiger charge is 2.25. The van der Waals surface area contributed by atoms with E-state index in [0.29, 0.717) is 18.6 Å². The molecule has 1 atom stereocenters. The van der Waals surface area contributed by atoms with Gasteiger partial charge in [-0.25, -0.2) is 0 Å². The van der Waals surface area contributed by atoms with E-state index in [0.717, 1.165) is 17.5 Å². The number of hydrogen-bond acceptors (Lipinski definition) is 3. The largest absolute Gasteiger partial charge is 0.497 e. The van der Waals surface area contributed by atoms with Gasteiger partial charge in [0, 0.05) is 18.4 Å². The molecule has 0 saturated carbocycles. The van der Waals surface area contributed by atoms with E-state index >= 15 is 0 Å². The van der Waals surface area contributed by atoms with Gasteiger partial charge in [-0.3, -0.25) is 9.59 Å². The molecule has 1 aromatic rings. The van der Waals surface area contributed by atoms with Gasteiger partial charge in [0.15, 0.2) is 5.78 Å². The van der Waals surface area contributed by atoms with Crippen molar-refractivity contribution in [3.63, 3.8) is 0 Å². The molecule has 4 nitrogen and oxygen atoms in total. The van der Waals surface area contributed by atoms with Gasteiger partial charge in [-0.2, -0.15) is 0 Å². The van der Waals surface area contributed by atoms with Crippen molar-refractivity contribution in [3.8, 4) is 5.75 Å². The van der Waals surface area contributed by atoms with E-state index in [1.165, 1.54) is 0 Å². The SMILES string of the molecule is COc1ccc2c(c1)C(=O)C[C@@H](CCC(=O)O)C2. The number of carbonyl (C=O) groups is 2. The lowest BCUT2D eigenvalue weighted by atomic mass is 9.81. The van der Waals surface area contributed by atoms with Crippen molar-refractivity contribution in [2.24, 2.45) is 5.92 Å². The van der Waals surface area contributed by atoms with Crippen LogP contribution in [0.5, 0.6) is 5.75 Å². The van der Waals surface area contributed by atoms with Gasteiger partial charge in [0.25, 0.3) is 0 Å². The second-order valence-corrected chi connectivity index (χ2v) is 4.65. The highest BCUT2D eigenvalue weighted by atomic mass is 16.5. The van der Waals surface area contributed by atoms with Gasteiger partial charge in [-0.1, -0.05) is 6.07 Å². The van der Waals surface area contributed by atoms with Crippen LogP contribution in [0.1, 0.15) is 35.2 Å². The molecule has 0 saturated heterocycles. The minimum absolute atomic E-state index is 0.0885. The van der Waals surface area contributed by atoms with Gasteiger partial charge in [-0.05, 0) is 36.5 Å². The van der Waals surface area contributed by atoms with Crippen molar-refractivity contribution in [3.05, 3.63) is 29.3 Å². The topological polar surface area (TPSA) is 63.6 Å². The van der Waals surface area contributed by atoms with E-state index in [9.17, 15) is 9.59 Å². The van der Waals surface area contributed by atoms with Gasteiger partial charge >= 0.3 is 5.97 Å². The Kier molecular flexibility index (Phi) is 3.65. The minimum Gasteiger partial charge on any atom is -0.497 e. The fourth-order valence-electron chi connectivity index (χ4n) is 2.41. The monoisotopic (exact) mass is 248 g/mol. The molecule has 1 aliphatic carbocycles. The van der Waals surface area contributed by atoms with E-state index in [1.807, 2.05) is 12.1 Å². The Morgan fingerprint density at radius 1 is 1.44 bits per heavy atom. The van der Waals surface area contributed by atoms with Gasteiger partial charge in [0.05, 0.1) is 7.11 Å². The number of fused-ring (bicyclic) bond motifs is 1. The third-order valence-electron chi connectivity index (χ3n) is 3.37. The van der Waals surface area contributed by atoms with Crippen LogP contribution in [0.2, 0.25) is 0 Å². The number of carbonyl (C=O) groups excluding carboxylic acids is 1. The normalized spacial score (nSPS) is 18.3. The summed E-state index contributed by atoms with van der Waals surface area (Å²) < 4.78 is 5.10. The van der Waals surface area contributed by atoms with Crippen LogP contribution < -0.4 is 4.74 Å². The van der Waals surface area contributed by atoms with E-state index in [1.54, 1.807) is 13.2 Å². The summed E-state index contributed by atoms with van der Waals surface area (Å²) in [5.74, 6) is 0.120. The van der Waals surface area contributed by atoms with Crippen LogP contribution in [0.3, 0.4) is 0 Å². The molecule has 0 aromatic heterocycles. The van der Waals surface area contributed by atoms with Gasteiger partial charge < -0.3 is 9.84 Å². The molecule has 96 valence electrons. The Morgan fingerprint density at radius 2 is 2.22 bits per heavy atom. The smallest absolute Gasteiger partial charge is 0.303 e. The quantitative estimate of drug-likeness (QED) is 0.888. The molecular formula is C14H16O4. The summed E-state index contributed by atoms with van der Waals surface area (Å²) in [7, 11) is 1.57. The second-order valence-electron chi connectivity index (χ2n) is 4.65. The summed E-state index contributed by atoms with van der Waals surface area (Å²) >= 11 is 0. The zero-order chi connectivity index (χ0) is 13.1. The van der Waals surface area contributed by atoms with Crippen LogP contribution in [-0.4, -0.2) is 24.0 Å². The molecule has 1 aromatic carbocycles. The van der Waals surface area contributed by atoms with Crippen molar-refractivity contribution >= 4 is 11.8 Å².